The van der Waals surface area contributed by atoms with E-state index in [-0.39, 0.29) is 11.3 Å². The number of ether oxygens (including phenoxy) is 1. The summed E-state index contributed by atoms with van der Waals surface area (Å²) in [5.41, 5.74) is 0. The lowest BCUT2D eigenvalue weighted by atomic mass is 10.3. The molecule has 1 aliphatic rings. The molecule has 1 N–H and O–H groups in total. The highest BCUT2D eigenvalue weighted by atomic mass is 32.2. The van der Waals surface area contributed by atoms with E-state index in [1.165, 1.54) is 23.5 Å². The lowest BCUT2D eigenvalue weighted by molar-refractivity contribution is -0.137. The van der Waals surface area contributed by atoms with Crippen LogP contribution in [-0.4, -0.2) is 68.5 Å². The third-order valence-electron chi connectivity index (χ3n) is 3.67. The number of carboxylic acid groups (broad SMARTS) is 1. The molecule has 0 bridgehead atoms. The molecule has 0 spiro atoms. The van der Waals surface area contributed by atoms with E-state index in [9.17, 15) is 13.2 Å². The normalized spacial score (nSPS) is 17.3. The van der Waals surface area contributed by atoms with Gasteiger partial charge in [0.2, 0.25) is 10.0 Å². The number of nitrogens with zero attached hydrogens (tertiary/aromatic N) is 2. The summed E-state index contributed by atoms with van der Waals surface area (Å²) in [7, 11) is -1.98. The Morgan fingerprint density at radius 2 is 1.77 bits per heavy atom. The lowest BCUT2D eigenvalue weighted by Crippen LogP contribution is -2.48. The van der Waals surface area contributed by atoms with Crippen LogP contribution in [0.25, 0.3) is 0 Å². The predicted octanol–water partition coefficient (Wildman–Crippen LogP) is 0.476. The Kier molecular flexibility index (Phi) is 5.38. The number of rotatable bonds is 6. The van der Waals surface area contributed by atoms with Gasteiger partial charge in [-0.2, -0.15) is 4.31 Å². The molecule has 0 saturated carbocycles. The second kappa shape index (κ2) is 7.08. The van der Waals surface area contributed by atoms with Gasteiger partial charge in [-0.1, -0.05) is 0 Å². The quantitative estimate of drug-likeness (QED) is 0.817. The maximum Gasteiger partial charge on any atom is 0.304 e. The molecule has 22 heavy (non-hydrogen) atoms. The highest BCUT2D eigenvalue weighted by Gasteiger charge is 2.28. The Labute approximate surface area is 130 Å². The lowest BCUT2D eigenvalue weighted by Gasteiger charge is -2.33. The van der Waals surface area contributed by atoms with Crippen molar-refractivity contribution < 1.29 is 23.1 Å². The molecule has 1 aromatic rings. The molecule has 1 heterocycles. The maximum absolute atomic E-state index is 12.5. The summed E-state index contributed by atoms with van der Waals surface area (Å²) < 4.78 is 31.5. The average Bonchev–Trinajstić information content (AvgIpc) is 2.53. The van der Waals surface area contributed by atoms with Crippen LogP contribution in [0, 0.1) is 0 Å². The van der Waals surface area contributed by atoms with E-state index in [0.29, 0.717) is 38.5 Å². The summed E-state index contributed by atoms with van der Waals surface area (Å²) >= 11 is 0. The van der Waals surface area contributed by atoms with E-state index < -0.39 is 16.0 Å². The summed E-state index contributed by atoms with van der Waals surface area (Å²) in [6.07, 6.45) is 0.0746. The van der Waals surface area contributed by atoms with Crippen molar-refractivity contribution >= 4 is 16.0 Å². The Bertz CT molecular complexity index is 607. The van der Waals surface area contributed by atoms with E-state index >= 15 is 0 Å². The Hall–Kier alpha value is -1.64. The number of aliphatic carboxylic acids is 1. The summed E-state index contributed by atoms with van der Waals surface area (Å²) in [4.78, 5) is 12.8. The van der Waals surface area contributed by atoms with Crippen LogP contribution in [0.2, 0.25) is 0 Å². The van der Waals surface area contributed by atoms with Gasteiger partial charge in [-0.15, -0.1) is 0 Å². The van der Waals surface area contributed by atoms with Crippen LogP contribution in [0.15, 0.2) is 29.2 Å². The first-order valence-electron chi connectivity index (χ1n) is 7.02. The van der Waals surface area contributed by atoms with Crippen LogP contribution in [0.4, 0.5) is 0 Å². The first kappa shape index (κ1) is 16.7. The Morgan fingerprint density at radius 3 is 2.27 bits per heavy atom. The van der Waals surface area contributed by atoms with E-state index in [1.807, 2.05) is 4.90 Å². The van der Waals surface area contributed by atoms with Crippen LogP contribution >= 0.6 is 0 Å². The number of carbonyl (C=O) groups is 1. The minimum absolute atomic E-state index is 0.0746. The van der Waals surface area contributed by atoms with Gasteiger partial charge >= 0.3 is 5.97 Å². The van der Waals surface area contributed by atoms with Gasteiger partial charge in [0.25, 0.3) is 0 Å². The highest BCUT2D eigenvalue weighted by molar-refractivity contribution is 7.89. The van der Waals surface area contributed by atoms with Crippen molar-refractivity contribution in [2.45, 2.75) is 11.3 Å². The van der Waals surface area contributed by atoms with Gasteiger partial charge in [0.15, 0.2) is 0 Å². The molecule has 1 aliphatic heterocycles. The first-order valence-corrected chi connectivity index (χ1v) is 8.46. The molecule has 7 nitrogen and oxygen atoms in total. The van der Waals surface area contributed by atoms with E-state index in [1.54, 1.807) is 12.1 Å². The molecule has 1 aromatic carbocycles. The van der Waals surface area contributed by atoms with Crippen LogP contribution < -0.4 is 4.74 Å². The predicted molar refractivity (Wildman–Crippen MR) is 80.4 cm³/mol. The number of methoxy groups -OCH3 is 1. The van der Waals surface area contributed by atoms with Gasteiger partial charge in [-0.3, -0.25) is 4.79 Å². The van der Waals surface area contributed by atoms with Gasteiger partial charge in [-0.05, 0) is 24.3 Å². The van der Waals surface area contributed by atoms with Gasteiger partial charge in [0.05, 0.1) is 18.4 Å². The minimum Gasteiger partial charge on any atom is -0.497 e. The zero-order valence-corrected chi connectivity index (χ0v) is 13.3. The number of benzene rings is 1. The molecule has 2 rings (SSSR count). The molecule has 0 atom stereocenters. The zero-order valence-electron chi connectivity index (χ0n) is 12.4. The van der Waals surface area contributed by atoms with Crippen molar-refractivity contribution in [3.8, 4) is 5.75 Å². The van der Waals surface area contributed by atoms with Crippen molar-refractivity contribution in [3.63, 3.8) is 0 Å². The van der Waals surface area contributed by atoms with Crippen molar-refractivity contribution in [3.05, 3.63) is 24.3 Å². The monoisotopic (exact) mass is 328 g/mol. The van der Waals surface area contributed by atoms with Gasteiger partial charge < -0.3 is 14.7 Å². The fourth-order valence-electron chi connectivity index (χ4n) is 2.34. The van der Waals surface area contributed by atoms with Crippen molar-refractivity contribution in [2.24, 2.45) is 0 Å². The molecule has 0 aliphatic carbocycles. The van der Waals surface area contributed by atoms with Crippen molar-refractivity contribution in [1.82, 2.24) is 9.21 Å². The molecular weight excluding hydrogens is 308 g/mol. The minimum atomic E-state index is -3.51. The summed E-state index contributed by atoms with van der Waals surface area (Å²) in [5, 5.41) is 8.67. The standard InChI is InChI=1S/C14H20N2O5S/c1-21-12-2-4-13(5-3-12)22(19,20)16-10-8-15(9-11-16)7-6-14(17)18/h2-5H,6-11H2,1H3,(H,17,18). The number of carboxylic acids is 1. The van der Waals surface area contributed by atoms with Crippen molar-refractivity contribution in [2.75, 3.05) is 39.8 Å². The molecule has 0 unspecified atom stereocenters. The van der Waals surface area contributed by atoms with Crippen molar-refractivity contribution in [1.29, 1.82) is 0 Å². The molecule has 1 saturated heterocycles. The largest absolute Gasteiger partial charge is 0.497 e. The molecular formula is C14H20N2O5S. The number of piperazine rings is 1. The number of hydrogen-bond donors (Lipinski definition) is 1. The van der Waals surface area contributed by atoms with E-state index in [4.69, 9.17) is 9.84 Å². The summed E-state index contributed by atoms with van der Waals surface area (Å²) in [5.74, 6) is -0.231. The molecule has 8 heteroatoms. The van der Waals surface area contributed by atoms with E-state index in [0.717, 1.165) is 0 Å². The van der Waals surface area contributed by atoms with Crippen LogP contribution in [0.3, 0.4) is 0 Å². The highest BCUT2D eigenvalue weighted by Crippen LogP contribution is 2.20. The van der Waals surface area contributed by atoms with Gasteiger partial charge in [-0.25, -0.2) is 8.42 Å². The number of hydrogen-bond acceptors (Lipinski definition) is 5. The first-order chi connectivity index (χ1) is 10.4. The fraction of sp³-hybridized carbons (Fsp3) is 0.500. The zero-order chi connectivity index (χ0) is 16.2. The number of sulfonamides is 1. The Morgan fingerprint density at radius 1 is 1.18 bits per heavy atom. The van der Waals surface area contributed by atoms with Crippen LogP contribution in [0.1, 0.15) is 6.42 Å². The summed E-state index contributed by atoms with van der Waals surface area (Å²) in [6.45, 7) is 2.28. The third kappa shape index (κ3) is 3.96. The third-order valence-corrected chi connectivity index (χ3v) is 5.58. The second-order valence-corrected chi connectivity index (χ2v) is 7.00. The van der Waals surface area contributed by atoms with E-state index in [2.05, 4.69) is 0 Å². The average molecular weight is 328 g/mol. The fourth-order valence-corrected chi connectivity index (χ4v) is 3.77. The molecule has 122 valence electrons. The topological polar surface area (TPSA) is 87.2 Å². The molecule has 0 radical (unpaired) electrons. The Balaban J connectivity index is 1.98. The van der Waals surface area contributed by atoms with Crippen LogP contribution in [-0.2, 0) is 14.8 Å². The molecule has 0 aromatic heterocycles. The van der Waals surface area contributed by atoms with Crippen LogP contribution in [0.5, 0.6) is 5.75 Å². The smallest absolute Gasteiger partial charge is 0.304 e. The second-order valence-electron chi connectivity index (χ2n) is 5.06. The van der Waals surface area contributed by atoms with Gasteiger partial charge in [0.1, 0.15) is 5.75 Å². The summed E-state index contributed by atoms with van der Waals surface area (Å²) in [6, 6.07) is 6.31. The SMILES string of the molecule is COc1ccc(S(=O)(=O)N2CCN(CCC(=O)O)CC2)cc1. The van der Waals surface area contributed by atoms with Gasteiger partial charge in [0, 0.05) is 32.7 Å². The molecule has 0 amide bonds. The molecule has 1 fully saturated rings. The maximum atomic E-state index is 12.5.